The van der Waals surface area contributed by atoms with Gasteiger partial charge in [0.1, 0.15) is 5.78 Å². The highest BCUT2D eigenvalue weighted by atomic mass is 19.4. The Hall–Kier alpha value is -3.15. The first-order valence-corrected chi connectivity index (χ1v) is 12.6. The van der Waals surface area contributed by atoms with Crippen molar-refractivity contribution in [2.75, 3.05) is 20.1 Å². The molecule has 0 spiro atoms. The van der Waals surface area contributed by atoms with E-state index in [1.807, 2.05) is 20.0 Å². The average molecular weight is 523 g/mol. The number of ketones is 1. The van der Waals surface area contributed by atoms with Gasteiger partial charge in [0.25, 0.3) is 5.96 Å². The van der Waals surface area contributed by atoms with Gasteiger partial charge in [-0.2, -0.15) is 0 Å². The molecule has 9 nitrogen and oxygen atoms in total. The van der Waals surface area contributed by atoms with Crippen molar-refractivity contribution in [3.8, 4) is 0 Å². The van der Waals surface area contributed by atoms with Crippen LogP contribution in [0.5, 0.6) is 0 Å². The number of alkyl halides is 3. The zero-order valence-corrected chi connectivity index (χ0v) is 21.0. The molecule has 1 aromatic heterocycles. The maximum Gasteiger partial charge on any atom is 0.488 e. The summed E-state index contributed by atoms with van der Waals surface area (Å²) in [6.07, 6.45) is 0.566. The predicted octanol–water partition coefficient (Wildman–Crippen LogP) is 3.94. The van der Waals surface area contributed by atoms with Crippen LogP contribution >= 0.6 is 0 Å². The quantitative estimate of drug-likeness (QED) is 0.169. The first-order valence-electron chi connectivity index (χ1n) is 12.6. The predicted molar refractivity (Wildman–Crippen MR) is 133 cm³/mol. The summed E-state index contributed by atoms with van der Waals surface area (Å²) in [5, 5.41) is 10.3. The molecule has 12 heteroatoms. The molecule has 1 saturated heterocycles. The fraction of sp³-hybridized carbons (Fsp3) is 0.600. The van der Waals surface area contributed by atoms with Gasteiger partial charge in [-0.3, -0.25) is 9.36 Å². The molecule has 2 aliphatic rings. The summed E-state index contributed by atoms with van der Waals surface area (Å²) >= 11 is 0. The van der Waals surface area contributed by atoms with Gasteiger partial charge in [-0.25, -0.2) is 15.1 Å². The lowest BCUT2D eigenvalue weighted by Crippen LogP contribution is -2.49. The van der Waals surface area contributed by atoms with Crippen molar-refractivity contribution in [3.05, 3.63) is 45.6 Å². The third-order valence-electron chi connectivity index (χ3n) is 7.90. The number of nitrogens with one attached hydrogen (secondary N) is 1. The lowest BCUT2D eigenvalue weighted by atomic mass is 9.71. The minimum atomic E-state index is -4.48. The fourth-order valence-corrected chi connectivity index (χ4v) is 6.10. The largest absolute Gasteiger partial charge is 0.488 e. The second kappa shape index (κ2) is 10.7. The Kier molecular flexibility index (Phi) is 7.77. The zero-order chi connectivity index (χ0) is 26.9. The summed E-state index contributed by atoms with van der Waals surface area (Å²) < 4.78 is 41.4. The third kappa shape index (κ3) is 5.73. The van der Waals surface area contributed by atoms with Gasteiger partial charge in [0.05, 0.1) is 5.52 Å². The molecule has 0 bridgehead atoms. The Bertz CT molecular complexity index is 1190. The molecule has 202 valence electrons. The van der Waals surface area contributed by atoms with Gasteiger partial charge in [0.2, 0.25) is 0 Å². The van der Waals surface area contributed by atoms with Crippen molar-refractivity contribution in [1.29, 1.82) is 0 Å². The zero-order valence-electron chi connectivity index (χ0n) is 21.0. The number of piperidine rings is 1. The summed E-state index contributed by atoms with van der Waals surface area (Å²) in [6, 6.07) is 5.17. The lowest BCUT2D eigenvalue weighted by Gasteiger charge is -2.45. The van der Waals surface area contributed by atoms with Crippen LogP contribution < -0.4 is 11.2 Å². The number of nitrogens with two attached hydrogens (primary N) is 1. The van der Waals surface area contributed by atoms with Gasteiger partial charge in [-0.15, -0.1) is 13.2 Å². The van der Waals surface area contributed by atoms with Crippen molar-refractivity contribution >= 4 is 22.6 Å². The second-order valence-electron chi connectivity index (χ2n) is 10.2. The Morgan fingerprint density at radius 1 is 1.38 bits per heavy atom. The van der Waals surface area contributed by atoms with E-state index in [4.69, 9.17) is 5.73 Å². The molecule has 37 heavy (non-hydrogen) atoms. The van der Waals surface area contributed by atoms with Crippen molar-refractivity contribution in [2.24, 2.45) is 22.6 Å². The Balaban J connectivity index is 1.44. The number of nitro groups is 1. The van der Waals surface area contributed by atoms with E-state index in [-0.39, 0.29) is 41.1 Å². The Morgan fingerprint density at radius 3 is 2.81 bits per heavy atom. The van der Waals surface area contributed by atoms with E-state index in [0.29, 0.717) is 54.3 Å². The molecule has 1 aliphatic heterocycles. The highest BCUT2D eigenvalue weighted by Crippen LogP contribution is 2.46. The number of nitrogens with zero attached hydrogens (tertiary/aromatic N) is 4. The molecular formula is C25H33F3N6O3. The van der Waals surface area contributed by atoms with Crippen LogP contribution in [0.15, 0.2) is 29.4 Å². The van der Waals surface area contributed by atoms with Gasteiger partial charge < -0.3 is 10.6 Å². The molecule has 2 heterocycles. The molecule has 0 radical (unpaired) electrons. The third-order valence-corrected chi connectivity index (χ3v) is 7.90. The van der Waals surface area contributed by atoms with Crippen LogP contribution in [0, 0.1) is 22.0 Å². The van der Waals surface area contributed by atoms with E-state index in [1.165, 1.54) is 12.3 Å². The van der Waals surface area contributed by atoms with Crippen LogP contribution in [0.1, 0.15) is 56.1 Å². The van der Waals surface area contributed by atoms with Gasteiger partial charge in [0.15, 0.2) is 5.03 Å². The van der Waals surface area contributed by atoms with Crippen LogP contribution in [0.25, 0.3) is 10.9 Å². The van der Waals surface area contributed by atoms with E-state index >= 15 is 0 Å². The van der Waals surface area contributed by atoms with Crippen molar-refractivity contribution in [2.45, 2.75) is 63.7 Å². The van der Waals surface area contributed by atoms with E-state index in [1.54, 1.807) is 11.5 Å². The summed E-state index contributed by atoms with van der Waals surface area (Å²) in [4.78, 5) is 29.8. The molecule has 4 rings (SSSR count). The normalized spacial score (nSPS) is 23.1. The smallest absolute Gasteiger partial charge is 0.365 e. The highest BCUT2D eigenvalue weighted by molar-refractivity contribution is 5.89. The maximum atomic E-state index is 13.7. The molecule has 1 unspecified atom stereocenters. The maximum absolute atomic E-state index is 13.7. The molecule has 1 fully saturated rings. The topological polar surface area (TPSA) is 119 Å². The SMILES string of the molecule is CC[C@H](CCCN=C(N)N[N+](=O)[O-])CC(=O)[C@@H]1CC2c3cccc4c3c(cn4C(F)(F)F)C[C@H]2N(C)C1. The standard InChI is InChI=1S/C25H33F3N6O3/c1-3-15(6-5-9-30-24(29)31-34(36)37)10-22(35)16-11-19-18-7-4-8-20-23(18)17(12-21(19)32(2)13-16)14-33(20)25(26,27)28/h4,7-8,14-16,19,21H,3,5-6,9-13H2,1-2H3,(H3,29,30,31)/t15-,16-,19?,21-/m1/s1. The molecule has 1 aromatic carbocycles. The van der Waals surface area contributed by atoms with E-state index in [9.17, 15) is 28.1 Å². The van der Waals surface area contributed by atoms with E-state index in [0.717, 1.165) is 18.4 Å². The number of halogens is 3. The second-order valence-corrected chi connectivity index (χ2v) is 10.2. The number of hydrazine groups is 1. The van der Waals surface area contributed by atoms with Crippen molar-refractivity contribution in [1.82, 2.24) is 14.9 Å². The first kappa shape index (κ1) is 26.9. The lowest BCUT2D eigenvalue weighted by molar-refractivity contribution is -0.525. The monoisotopic (exact) mass is 522 g/mol. The van der Waals surface area contributed by atoms with Crippen LogP contribution in [-0.2, 0) is 17.5 Å². The van der Waals surface area contributed by atoms with Crippen LogP contribution in [0.3, 0.4) is 0 Å². The summed E-state index contributed by atoms with van der Waals surface area (Å²) in [6.45, 7) is 2.95. The molecule has 0 saturated carbocycles. The van der Waals surface area contributed by atoms with E-state index < -0.39 is 11.3 Å². The number of likely N-dealkylation sites (tertiary alicyclic amines) is 1. The number of aliphatic imine (C=N–C) groups is 1. The molecular weight excluding hydrogens is 489 g/mol. The summed E-state index contributed by atoms with van der Waals surface area (Å²) in [5.41, 5.74) is 9.03. The Morgan fingerprint density at radius 2 is 2.14 bits per heavy atom. The molecule has 0 amide bonds. The number of likely N-dealkylation sites (N-methyl/N-ethyl adjacent to an activating group) is 1. The van der Waals surface area contributed by atoms with Gasteiger partial charge in [-0.05, 0) is 55.8 Å². The number of carbonyl (C=O) groups is 1. The van der Waals surface area contributed by atoms with Crippen molar-refractivity contribution in [3.63, 3.8) is 0 Å². The van der Waals surface area contributed by atoms with E-state index in [2.05, 4.69) is 9.89 Å². The fourth-order valence-electron chi connectivity index (χ4n) is 6.10. The van der Waals surface area contributed by atoms with Crippen LogP contribution in [0.2, 0.25) is 0 Å². The number of benzene rings is 1. The minimum absolute atomic E-state index is 0.000493. The van der Waals surface area contributed by atoms with Crippen LogP contribution in [0.4, 0.5) is 13.2 Å². The van der Waals surface area contributed by atoms with Gasteiger partial charge >= 0.3 is 6.30 Å². The Labute approximate surface area is 213 Å². The van der Waals surface area contributed by atoms with Crippen molar-refractivity contribution < 1.29 is 23.0 Å². The summed E-state index contributed by atoms with van der Waals surface area (Å²) in [5.74, 6) is -0.0805. The minimum Gasteiger partial charge on any atom is -0.365 e. The molecule has 3 N–H and O–H groups in total. The highest BCUT2D eigenvalue weighted by Gasteiger charge is 2.43. The number of hydrogen-bond donors (Lipinski definition) is 2. The number of hydrogen-bond acceptors (Lipinski definition) is 5. The average Bonchev–Trinajstić information content (AvgIpc) is 3.21. The number of aromatic nitrogens is 1. The molecule has 4 atom stereocenters. The van der Waals surface area contributed by atoms with Gasteiger partial charge in [0, 0.05) is 49.0 Å². The van der Waals surface area contributed by atoms with Gasteiger partial charge in [-0.1, -0.05) is 30.9 Å². The number of fused-ring (bicyclic) bond motifs is 2. The number of guanidine groups is 1. The number of rotatable bonds is 9. The molecule has 2 aromatic rings. The summed E-state index contributed by atoms with van der Waals surface area (Å²) in [7, 11) is 1.96. The first-order chi connectivity index (χ1) is 17.5. The molecule has 1 aliphatic carbocycles. The number of Topliss-reactive ketones (excluding diaryl/α,β-unsaturated/α-hetero) is 1. The number of carbonyl (C=O) groups excluding carboxylic acids is 1. The van der Waals surface area contributed by atoms with Crippen LogP contribution in [-0.4, -0.2) is 52.4 Å².